The summed E-state index contributed by atoms with van der Waals surface area (Å²) in [5.41, 5.74) is 10.4. The minimum absolute atomic E-state index is 0.526. The van der Waals surface area contributed by atoms with Gasteiger partial charge >= 0.3 is 0 Å². The monoisotopic (exact) mass is 868 g/mol. The van der Waals surface area contributed by atoms with Gasteiger partial charge in [-0.2, -0.15) is 0 Å². The highest BCUT2D eigenvalue weighted by Gasteiger charge is 2.25. The van der Waals surface area contributed by atoms with Crippen molar-refractivity contribution >= 4 is 120 Å². The van der Waals surface area contributed by atoms with Crippen LogP contribution in [0.5, 0.6) is 0 Å². The van der Waals surface area contributed by atoms with E-state index in [1.807, 2.05) is 60.7 Å². The summed E-state index contributed by atoms with van der Waals surface area (Å²) in [5, 5.41) is 16.1. The Kier molecular flexibility index (Phi) is 6.95. The molecule has 0 unspecified atom stereocenters. The third-order valence-corrected chi connectivity index (χ3v) is 14.2. The number of rotatable bonds is 4. The average molecular weight is 869 g/mol. The molecule has 0 amide bonds. The molecule has 16 aromatic rings. The summed E-state index contributed by atoms with van der Waals surface area (Å²) in [5.74, 6) is 1.58. The number of hydrogen-bond donors (Lipinski definition) is 0. The predicted molar refractivity (Wildman–Crippen MR) is 276 cm³/mol. The van der Waals surface area contributed by atoms with E-state index in [-0.39, 0.29) is 0 Å². The Morgan fingerprint density at radius 2 is 0.853 bits per heavy atom. The maximum absolute atomic E-state index is 7.06. The summed E-state index contributed by atoms with van der Waals surface area (Å²) < 4.78 is 22.2. The van der Waals surface area contributed by atoms with Crippen LogP contribution in [0, 0.1) is 0 Å². The highest BCUT2D eigenvalue weighted by atomic mass is 16.3. The SMILES string of the molecule is c1ccc2c(c1)cc1c3c2c2ccccc2c2cccc(c23)n1-c1cccc2c1oc1cccc(-c3nc(-c4ccc5c(c4)oc4ccccc45)nc(-c4ccc5c(c4)oc4ccccc45)n3)c12. The molecule has 0 saturated heterocycles. The zero-order chi connectivity index (χ0) is 44.2. The van der Waals surface area contributed by atoms with Gasteiger partial charge in [0.25, 0.3) is 0 Å². The maximum atomic E-state index is 7.06. The largest absolute Gasteiger partial charge is 0.456 e. The summed E-state index contributed by atoms with van der Waals surface area (Å²) in [6.45, 7) is 0. The smallest absolute Gasteiger partial charge is 0.164 e. The number of aromatic nitrogens is 4. The van der Waals surface area contributed by atoms with Crippen molar-refractivity contribution in [2.45, 2.75) is 0 Å². The molecule has 7 nitrogen and oxygen atoms in total. The lowest BCUT2D eigenvalue weighted by atomic mass is 9.91. The topological polar surface area (TPSA) is 83.0 Å². The normalized spacial score (nSPS) is 12.4. The number of hydrogen-bond acceptors (Lipinski definition) is 6. The Morgan fingerprint density at radius 3 is 1.59 bits per heavy atom. The molecule has 0 atom stereocenters. The Morgan fingerprint density at radius 1 is 0.309 bits per heavy atom. The third kappa shape index (κ3) is 4.83. The number of nitrogens with zero attached hydrogens (tertiary/aromatic N) is 4. The molecule has 11 aromatic carbocycles. The van der Waals surface area contributed by atoms with Crippen LogP contribution >= 0.6 is 0 Å². The molecule has 16 rings (SSSR count). The Balaban J connectivity index is 0.949. The Hall–Kier alpha value is -9.33. The molecule has 0 bridgehead atoms. The predicted octanol–water partition coefficient (Wildman–Crippen LogP) is 16.6. The lowest BCUT2D eigenvalue weighted by molar-refractivity contribution is 0.666. The molecule has 0 radical (unpaired) electrons. The van der Waals surface area contributed by atoms with E-state index in [1.165, 1.54) is 43.1 Å². The highest BCUT2D eigenvalue weighted by Crippen LogP contribution is 2.48. The van der Waals surface area contributed by atoms with E-state index in [2.05, 4.69) is 138 Å². The zero-order valence-corrected chi connectivity index (χ0v) is 36.0. The van der Waals surface area contributed by atoms with Gasteiger partial charge in [-0.3, -0.25) is 0 Å². The lowest BCUT2D eigenvalue weighted by Gasteiger charge is -2.11. The van der Waals surface area contributed by atoms with E-state index in [4.69, 9.17) is 28.2 Å². The van der Waals surface area contributed by atoms with Crippen LogP contribution in [0.15, 0.2) is 207 Å². The van der Waals surface area contributed by atoms with Crippen molar-refractivity contribution in [1.82, 2.24) is 19.5 Å². The van der Waals surface area contributed by atoms with E-state index in [1.54, 1.807) is 0 Å². The molecule has 7 heteroatoms. The molecule has 0 aliphatic heterocycles. The van der Waals surface area contributed by atoms with E-state index in [0.29, 0.717) is 17.5 Å². The molecule has 5 aromatic heterocycles. The van der Waals surface area contributed by atoms with Gasteiger partial charge in [0, 0.05) is 65.2 Å². The molecule has 314 valence electrons. The van der Waals surface area contributed by atoms with E-state index < -0.39 is 0 Å². The molecule has 5 heterocycles. The average Bonchev–Trinajstić information content (AvgIpc) is 4.16. The van der Waals surface area contributed by atoms with Crippen LogP contribution in [0.2, 0.25) is 0 Å². The first kappa shape index (κ1) is 36.0. The van der Waals surface area contributed by atoms with Gasteiger partial charge in [-0.15, -0.1) is 0 Å². The summed E-state index contributed by atoms with van der Waals surface area (Å²) in [6.07, 6.45) is 0. The van der Waals surface area contributed by atoms with Gasteiger partial charge in [-0.05, 0) is 87.6 Å². The van der Waals surface area contributed by atoms with E-state index in [0.717, 1.165) is 99.2 Å². The summed E-state index contributed by atoms with van der Waals surface area (Å²) in [7, 11) is 0. The maximum Gasteiger partial charge on any atom is 0.164 e. The fourth-order valence-corrected chi connectivity index (χ4v) is 11.3. The molecule has 0 aliphatic rings. The molecule has 0 aliphatic carbocycles. The standard InChI is InChI=1S/C61H32N4O3/c1-2-13-36-33(12-1)30-48-57-55(36)42-17-4-3-14-37(42)43-18-9-21-46(56(43)57)65(48)47-22-10-19-44-54-45(20-11-25-51(54)68-58(44)47)61-63-59(34-26-28-40-38-15-5-7-23-49(38)66-52(40)31-34)62-60(64-61)35-27-29-41-39-16-6-8-24-50(39)67-53(41)32-35/h1-32H. The number of benzene rings is 11. The summed E-state index contributed by atoms with van der Waals surface area (Å²) >= 11 is 0. The van der Waals surface area contributed by atoms with Crippen LogP contribution in [0.3, 0.4) is 0 Å². The van der Waals surface area contributed by atoms with Crippen molar-refractivity contribution in [2.75, 3.05) is 0 Å². The first-order valence-corrected chi connectivity index (χ1v) is 22.8. The van der Waals surface area contributed by atoms with Gasteiger partial charge in [0.1, 0.15) is 27.9 Å². The molecule has 0 fully saturated rings. The van der Waals surface area contributed by atoms with Crippen LogP contribution in [0.4, 0.5) is 0 Å². The van der Waals surface area contributed by atoms with Crippen molar-refractivity contribution in [3.05, 3.63) is 194 Å². The van der Waals surface area contributed by atoms with Crippen LogP contribution < -0.4 is 0 Å². The molecule has 0 spiro atoms. The van der Waals surface area contributed by atoms with Crippen LogP contribution in [-0.4, -0.2) is 19.5 Å². The van der Waals surface area contributed by atoms with Crippen LogP contribution in [0.25, 0.3) is 160 Å². The van der Waals surface area contributed by atoms with E-state index >= 15 is 0 Å². The second-order valence-electron chi connectivity index (χ2n) is 17.8. The van der Waals surface area contributed by atoms with Crippen molar-refractivity contribution in [1.29, 1.82) is 0 Å². The first-order chi connectivity index (χ1) is 33.7. The van der Waals surface area contributed by atoms with Crippen LogP contribution in [-0.2, 0) is 0 Å². The summed E-state index contributed by atoms with van der Waals surface area (Å²) in [6, 6.07) is 67.8. The first-order valence-electron chi connectivity index (χ1n) is 22.8. The fraction of sp³-hybridized carbons (Fsp3) is 0. The van der Waals surface area contributed by atoms with Gasteiger partial charge in [0.2, 0.25) is 0 Å². The van der Waals surface area contributed by atoms with Gasteiger partial charge in [0.05, 0.1) is 16.7 Å². The number of furan rings is 3. The molecular formula is C61H32N4O3. The van der Waals surface area contributed by atoms with Crippen LogP contribution in [0.1, 0.15) is 0 Å². The van der Waals surface area contributed by atoms with Crippen molar-refractivity contribution in [3.63, 3.8) is 0 Å². The lowest BCUT2D eigenvalue weighted by Crippen LogP contribution is -2.00. The minimum atomic E-state index is 0.526. The number of fused-ring (bicyclic) bond motifs is 14. The molecule has 0 N–H and O–H groups in total. The number of para-hydroxylation sites is 3. The Labute approximate surface area is 385 Å². The van der Waals surface area contributed by atoms with Gasteiger partial charge in [-0.1, -0.05) is 133 Å². The Bertz CT molecular complexity index is 4680. The van der Waals surface area contributed by atoms with Crippen molar-refractivity contribution in [2.24, 2.45) is 0 Å². The van der Waals surface area contributed by atoms with E-state index in [9.17, 15) is 0 Å². The molecule has 0 saturated carbocycles. The van der Waals surface area contributed by atoms with Gasteiger partial charge < -0.3 is 17.8 Å². The molecular weight excluding hydrogens is 837 g/mol. The second kappa shape index (κ2) is 13.2. The molecule has 68 heavy (non-hydrogen) atoms. The van der Waals surface area contributed by atoms with Gasteiger partial charge in [-0.25, -0.2) is 15.0 Å². The zero-order valence-electron chi connectivity index (χ0n) is 36.0. The minimum Gasteiger partial charge on any atom is -0.456 e. The second-order valence-corrected chi connectivity index (χ2v) is 17.8. The fourth-order valence-electron chi connectivity index (χ4n) is 11.3. The highest BCUT2D eigenvalue weighted by molar-refractivity contribution is 6.39. The quantitative estimate of drug-likeness (QED) is 0.164. The van der Waals surface area contributed by atoms with Crippen molar-refractivity contribution in [3.8, 4) is 39.9 Å². The summed E-state index contributed by atoms with van der Waals surface area (Å²) in [4.78, 5) is 15.8. The third-order valence-electron chi connectivity index (χ3n) is 14.2. The van der Waals surface area contributed by atoms with Gasteiger partial charge in [0.15, 0.2) is 23.1 Å². The van der Waals surface area contributed by atoms with Crippen molar-refractivity contribution < 1.29 is 13.3 Å².